The molecule has 0 radical (unpaired) electrons. The quantitative estimate of drug-likeness (QED) is 0.139. The molecule has 0 aliphatic heterocycles. The number of nitro groups is 4. The van der Waals surface area contributed by atoms with Crippen LogP contribution in [0, 0.1) is 40.5 Å². The number of aromatic nitrogens is 2. The second-order valence-electron chi connectivity index (χ2n) is 8.91. The Hall–Kier alpha value is -6.44. The van der Waals surface area contributed by atoms with Crippen molar-refractivity contribution < 1.29 is 28.8 Å². The smallest absolute Gasteiger partial charge is 0.258 e. The van der Waals surface area contributed by atoms with Crippen molar-refractivity contribution in [2.24, 2.45) is 0 Å². The van der Waals surface area contributed by atoms with Crippen LogP contribution >= 0.6 is 0 Å². The Morgan fingerprint density at radius 2 is 0.810 bits per heavy atom. The molecule has 3 aromatic carbocycles. The Bertz CT molecular complexity index is 1750. The summed E-state index contributed by atoms with van der Waals surface area (Å²) in [6, 6.07) is 21.4. The van der Waals surface area contributed by atoms with E-state index in [0.717, 1.165) is 34.4 Å². The predicted molar refractivity (Wildman–Crippen MR) is 147 cm³/mol. The van der Waals surface area contributed by atoms with Gasteiger partial charge in [0.15, 0.2) is 24.8 Å². The minimum atomic E-state index is -0.695. The molecule has 14 heteroatoms. The second kappa shape index (κ2) is 11.0. The fourth-order valence-corrected chi connectivity index (χ4v) is 4.50. The lowest BCUT2D eigenvalue weighted by Gasteiger charge is -2.09. The van der Waals surface area contributed by atoms with Gasteiger partial charge in [0.25, 0.3) is 22.7 Å². The van der Waals surface area contributed by atoms with Gasteiger partial charge in [-0.25, -0.2) is 0 Å². The molecule has 0 spiro atoms. The highest BCUT2D eigenvalue weighted by molar-refractivity contribution is 5.82. The van der Waals surface area contributed by atoms with Crippen LogP contribution in [0.4, 0.5) is 22.7 Å². The summed E-state index contributed by atoms with van der Waals surface area (Å²) in [4.78, 5) is 42.5. The molecule has 0 unspecified atom stereocenters. The van der Waals surface area contributed by atoms with E-state index in [9.17, 15) is 40.5 Å². The average molecular weight is 566 g/mol. The SMILES string of the molecule is O=[N+]([O-])c1ccc(-[n+]2ccc(-c3ccccc3-c3cc[n+](-c4ccc([N+](=O)[O-])cc4[N+](=O)[O-])cc3)cc2)c([N+](=O)[O-])c1. The zero-order chi connectivity index (χ0) is 30.0. The van der Waals surface area contributed by atoms with Crippen LogP contribution in [0.1, 0.15) is 0 Å². The minimum absolute atomic E-state index is 0.165. The van der Waals surface area contributed by atoms with Crippen molar-refractivity contribution in [3.63, 3.8) is 0 Å². The van der Waals surface area contributed by atoms with Crippen LogP contribution in [0.3, 0.4) is 0 Å². The number of hydrogen-bond acceptors (Lipinski definition) is 8. The summed E-state index contributed by atoms with van der Waals surface area (Å²) < 4.78 is 2.99. The molecule has 0 bridgehead atoms. The van der Waals surface area contributed by atoms with Crippen LogP contribution in [0.2, 0.25) is 0 Å². The molecule has 0 N–H and O–H groups in total. The number of hydrogen-bond donors (Lipinski definition) is 0. The normalized spacial score (nSPS) is 10.7. The first-order valence-electron chi connectivity index (χ1n) is 12.1. The van der Waals surface area contributed by atoms with Crippen molar-refractivity contribution in [2.45, 2.75) is 0 Å². The maximum absolute atomic E-state index is 11.6. The van der Waals surface area contributed by atoms with Gasteiger partial charge < -0.3 is 0 Å². The number of non-ortho nitro benzene ring substituents is 2. The van der Waals surface area contributed by atoms with E-state index in [2.05, 4.69) is 0 Å². The Morgan fingerprint density at radius 1 is 0.452 bits per heavy atom. The van der Waals surface area contributed by atoms with Crippen LogP contribution in [-0.2, 0) is 0 Å². The Morgan fingerprint density at radius 3 is 1.12 bits per heavy atom. The highest BCUT2D eigenvalue weighted by Crippen LogP contribution is 2.32. The zero-order valence-corrected chi connectivity index (χ0v) is 21.3. The Labute approximate surface area is 235 Å². The lowest BCUT2D eigenvalue weighted by Crippen LogP contribution is -2.30. The lowest BCUT2D eigenvalue weighted by atomic mass is 9.96. The van der Waals surface area contributed by atoms with Gasteiger partial charge >= 0.3 is 11.4 Å². The first-order chi connectivity index (χ1) is 20.1. The van der Waals surface area contributed by atoms with Crippen LogP contribution in [0.25, 0.3) is 33.6 Å². The van der Waals surface area contributed by atoms with Gasteiger partial charge in [-0.05, 0) is 22.3 Å². The van der Waals surface area contributed by atoms with Gasteiger partial charge in [-0.15, -0.1) is 0 Å². The molecule has 2 heterocycles. The highest BCUT2D eigenvalue weighted by Gasteiger charge is 2.27. The summed E-state index contributed by atoms with van der Waals surface area (Å²) in [6.45, 7) is 0. The summed E-state index contributed by atoms with van der Waals surface area (Å²) in [5.41, 5.74) is 1.98. The number of rotatable bonds is 8. The largest absolute Gasteiger partial charge is 0.347 e. The first kappa shape index (κ1) is 27.1. The standard InChI is InChI=1S/C28H18N6O8/c35-31(36)21-5-7-25(27(17-21)33(39)40)29-13-9-19(10-14-29)23-3-1-2-4-24(23)20-11-15-30(16-12-20)26-8-6-22(32(37)38)18-28(26)34(41)42/h1-18H/q+2. The van der Waals surface area contributed by atoms with Crippen LogP contribution < -0.4 is 9.13 Å². The van der Waals surface area contributed by atoms with Gasteiger partial charge in [-0.3, -0.25) is 40.5 Å². The van der Waals surface area contributed by atoms with Crippen molar-refractivity contribution in [2.75, 3.05) is 0 Å². The Balaban J connectivity index is 1.49. The third-order valence-corrected chi connectivity index (χ3v) is 6.50. The maximum atomic E-state index is 11.6. The van der Waals surface area contributed by atoms with Gasteiger partial charge in [0, 0.05) is 48.5 Å². The van der Waals surface area contributed by atoms with Crippen LogP contribution in [0.15, 0.2) is 110 Å². The minimum Gasteiger partial charge on any atom is -0.258 e. The molecule has 0 aliphatic carbocycles. The fraction of sp³-hybridized carbons (Fsp3) is 0. The summed E-state index contributed by atoms with van der Waals surface area (Å²) >= 11 is 0. The summed E-state index contributed by atoms with van der Waals surface area (Å²) in [7, 11) is 0. The summed E-state index contributed by atoms with van der Waals surface area (Å²) in [5.74, 6) is 0. The van der Waals surface area contributed by atoms with Gasteiger partial charge in [0.1, 0.15) is 12.1 Å². The van der Waals surface area contributed by atoms with E-state index in [-0.39, 0.29) is 22.7 Å². The van der Waals surface area contributed by atoms with E-state index in [1.54, 1.807) is 49.1 Å². The second-order valence-corrected chi connectivity index (χ2v) is 8.91. The van der Waals surface area contributed by atoms with Crippen molar-refractivity contribution in [3.05, 3.63) is 150 Å². The third kappa shape index (κ3) is 5.22. The molecule has 0 saturated heterocycles. The monoisotopic (exact) mass is 566 g/mol. The number of benzene rings is 3. The molecule has 206 valence electrons. The van der Waals surface area contributed by atoms with Gasteiger partial charge in [-0.1, -0.05) is 24.3 Å². The molecule has 42 heavy (non-hydrogen) atoms. The number of pyridine rings is 2. The van der Waals surface area contributed by atoms with E-state index in [0.29, 0.717) is 0 Å². The van der Waals surface area contributed by atoms with E-state index in [4.69, 9.17) is 0 Å². The van der Waals surface area contributed by atoms with E-state index in [1.807, 2.05) is 24.3 Å². The van der Waals surface area contributed by atoms with Gasteiger partial charge in [0.05, 0.1) is 19.7 Å². The molecule has 5 rings (SSSR count). The molecule has 5 aromatic rings. The van der Waals surface area contributed by atoms with Crippen LogP contribution in [-0.4, -0.2) is 19.7 Å². The molecule has 14 nitrogen and oxygen atoms in total. The predicted octanol–water partition coefficient (Wildman–Crippen LogP) is 5.21. The van der Waals surface area contributed by atoms with Crippen molar-refractivity contribution in [1.82, 2.24) is 0 Å². The summed E-state index contributed by atoms with van der Waals surface area (Å²) in [6.07, 6.45) is 6.47. The van der Waals surface area contributed by atoms with Gasteiger partial charge in [0.2, 0.25) is 0 Å². The van der Waals surface area contributed by atoms with Crippen molar-refractivity contribution in [3.8, 4) is 33.6 Å². The van der Waals surface area contributed by atoms with Crippen molar-refractivity contribution >= 4 is 22.7 Å². The van der Waals surface area contributed by atoms with Crippen molar-refractivity contribution in [1.29, 1.82) is 0 Å². The topological polar surface area (TPSA) is 180 Å². The van der Waals surface area contributed by atoms with Crippen LogP contribution in [0.5, 0.6) is 0 Å². The molecule has 0 amide bonds. The maximum Gasteiger partial charge on any atom is 0.347 e. The molecule has 0 atom stereocenters. The molecule has 0 fully saturated rings. The Kier molecular flexibility index (Phi) is 7.09. The number of nitrogens with zero attached hydrogens (tertiary/aromatic N) is 6. The zero-order valence-electron chi connectivity index (χ0n) is 21.3. The van der Waals surface area contributed by atoms with E-state index in [1.165, 1.54) is 33.4 Å². The van der Waals surface area contributed by atoms with Gasteiger partial charge in [-0.2, -0.15) is 9.13 Å². The summed E-state index contributed by atoms with van der Waals surface area (Å²) in [5, 5.41) is 45.3. The molecular formula is C28H18N6O8+2. The average Bonchev–Trinajstić information content (AvgIpc) is 3.00. The molecular weight excluding hydrogens is 548 g/mol. The third-order valence-electron chi connectivity index (χ3n) is 6.50. The fourth-order valence-electron chi connectivity index (χ4n) is 4.50. The van der Waals surface area contributed by atoms with E-state index < -0.39 is 31.1 Å². The first-order valence-corrected chi connectivity index (χ1v) is 12.1. The molecule has 2 aromatic heterocycles. The van der Waals surface area contributed by atoms with E-state index >= 15 is 0 Å². The number of nitro benzene ring substituents is 4. The molecule has 0 aliphatic rings. The highest BCUT2D eigenvalue weighted by atomic mass is 16.6. The molecule has 0 saturated carbocycles. The lowest BCUT2D eigenvalue weighted by molar-refractivity contribution is -0.601.